The lowest BCUT2D eigenvalue weighted by molar-refractivity contribution is -0.139. The number of esters is 2. The molecule has 0 fully saturated rings. The number of carbonyl (C=O) groups excluding carboxylic acids is 2. The van der Waals surface area contributed by atoms with Crippen molar-refractivity contribution in [2.75, 3.05) is 32.8 Å². The summed E-state index contributed by atoms with van der Waals surface area (Å²) < 4.78 is 10.7. The second kappa shape index (κ2) is 11.5. The van der Waals surface area contributed by atoms with Crippen LogP contribution in [-0.4, -0.2) is 49.4 Å². The Labute approximate surface area is 199 Å². The van der Waals surface area contributed by atoms with E-state index in [4.69, 9.17) is 9.47 Å². The van der Waals surface area contributed by atoms with Crippen LogP contribution in [0.1, 0.15) is 30.9 Å². The first-order chi connectivity index (χ1) is 16.3. The number of carbonyl (C=O) groups is 2. The van der Waals surface area contributed by atoms with Crippen LogP contribution in [0.4, 0.5) is 5.69 Å². The molecule has 1 unspecified atom stereocenters. The highest BCUT2D eigenvalue weighted by Crippen LogP contribution is 2.39. The van der Waals surface area contributed by atoms with Crippen LogP contribution in [0.15, 0.2) is 77.1 Å². The second-order valence-electron chi connectivity index (χ2n) is 8.22. The molecule has 1 aliphatic rings. The lowest BCUT2D eigenvalue weighted by Crippen LogP contribution is -2.33. The van der Waals surface area contributed by atoms with Gasteiger partial charge in [-0.3, -0.25) is 15.6 Å². The molecule has 0 spiro atoms. The minimum atomic E-state index is -0.712. The Balaban J connectivity index is 1.81. The molecule has 34 heavy (non-hydrogen) atoms. The molecule has 0 bridgehead atoms. The molecule has 0 radical (unpaired) electrons. The Morgan fingerprint density at radius 2 is 1.71 bits per heavy atom. The molecule has 0 saturated heterocycles. The van der Waals surface area contributed by atoms with E-state index < -0.39 is 17.9 Å². The topological polar surface area (TPSA) is 100 Å². The van der Waals surface area contributed by atoms with Gasteiger partial charge in [0.1, 0.15) is 6.61 Å². The van der Waals surface area contributed by atoms with Crippen LogP contribution in [0.3, 0.4) is 0 Å². The zero-order chi connectivity index (χ0) is 24.7. The number of ether oxygens (including phenoxy) is 2. The molecule has 0 aliphatic carbocycles. The molecule has 2 aromatic rings. The first kappa shape index (κ1) is 25.0. The van der Waals surface area contributed by atoms with E-state index >= 15 is 0 Å². The molecule has 1 aliphatic heterocycles. The third-order valence-corrected chi connectivity index (χ3v) is 5.74. The number of hydrogen-bond acceptors (Lipinski definition) is 8. The van der Waals surface area contributed by atoms with E-state index in [0.29, 0.717) is 40.3 Å². The van der Waals surface area contributed by atoms with Gasteiger partial charge in [-0.1, -0.05) is 42.5 Å². The van der Waals surface area contributed by atoms with Crippen molar-refractivity contribution in [3.05, 3.63) is 88.3 Å². The molecule has 0 saturated carbocycles. The van der Waals surface area contributed by atoms with Crippen molar-refractivity contribution in [1.82, 2.24) is 10.2 Å². The Morgan fingerprint density at radius 3 is 2.35 bits per heavy atom. The van der Waals surface area contributed by atoms with Crippen molar-refractivity contribution >= 4 is 17.6 Å². The van der Waals surface area contributed by atoms with Crippen molar-refractivity contribution in [2.45, 2.75) is 26.3 Å². The summed E-state index contributed by atoms with van der Waals surface area (Å²) in [5.41, 5.74) is 6.20. The van der Waals surface area contributed by atoms with Gasteiger partial charge in [0.25, 0.3) is 0 Å². The van der Waals surface area contributed by atoms with E-state index in [-0.39, 0.29) is 6.61 Å². The average molecular weight is 466 g/mol. The number of likely N-dealkylation sites (N-methyl/N-ethyl adjacent to an activating group) is 1. The number of anilines is 1. The van der Waals surface area contributed by atoms with E-state index in [1.165, 1.54) is 12.7 Å². The van der Waals surface area contributed by atoms with Gasteiger partial charge in [0.2, 0.25) is 0 Å². The van der Waals surface area contributed by atoms with E-state index in [2.05, 4.69) is 15.7 Å². The van der Waals surface area contributed by atoms with Crippen molar-refractivity contribution in [3.63, 3.8) is 0 Å². The maximum absolute atomic E-state index is 13.3. The predicted octanol–water partition coefficient (Wildman–Crippen LogP) is 3.57. The molecular formula is C26H31N3O5. The zero-order valence-corrected chi connectivity index (χ0v) is 19.9. The smallest absolute Gasteiger partial charge is 0.336 e. The van der Waals surface area contributed by atoms with Gasteiger partial charge in [-0.2, -0.15) is 0 Å². The predicted molar refractivity (Wildman–Crippen MR) is 129 cm³/mol. The van der Waals surface area contributed by atoms with Crippen molar-refractivity contribution in [3.8, 4) is 0 Å². The molecule has 0 amide bonds. The highest BCUT2D eigenvalue weighted by atomic mass is 16.5. The summed E-state index contributed by atoms with van der Waals surface area (Å²) in [5.74, 6) is -1.77. The van der Waals surface area contributed by atoms with Crippen LogP contribution in [0.2, 0.25) is 0 Å². The third-order valence-electron chi connectivity index (χ3n) is 5.74. The Hall–Kier alpha value is -3.62. The summed E-state index contributed by atoms with van der Waals surface area (Å²) in [5, 5.41) is 12.5. The highest BCUT2D eigenvalue weighted by molar-refractivity contribution is 5.99. The van der Waals surface area contributed by atoms with Crippen molar-refractivity contribution in [1.29, 1.82) is 0 Å². The molecular weight excluding hydrogens is 434 g/mol. The van der Waals surface area contributed by atoms with Gasteiger partial charge in [0.15, 0.2) is 0 Å². The van der Waals surface area contributed by atoms with Crippen LogP contribution in [0.5, 0.6) is 0 Å². The van der Waals surface area contributed by atoms with E-state index in [1.807, 2.05) is 37.4 Å². The first-order valence-corrected chi connectivity index (χ1v) is 11.0. The standard InChI is InChI=1S/C26H31N3O5/c1-17-22(25(30)33-4)24(20-11-8-12-21(15-20)28-32)23(18(2)27-17)26(31)34-14-13-29(3)16-19-9-6-5-7-10-19/h5-12,15,24,27-28,32H,13-14,16H2,1-4H3. The highest BCUT2D eigenvalue weighted by Gasteiger charge is 2.37. The average Bonchev–Trinajstić information content (AvgIpc) is 2.83. The van der Waals surface area contributed by atoms with Gasteiger partial charge < -0.3 is 14.8 Å². The minimum absolute atomic E-state index is 0.195. The van der Waals surface area contributed by atoms with Crippen molar-refractivity contribution in [2.24, 2.45) is 0 Å². The summed E-state index contributed by atoms with van der Waals surface area (Å²) in [7, 11) is 3.27. The van der Waals surface area contributed by atoms with Gasteiger partial charge in [0, 0.05) is 24.5 Å². The summed E-state index contributed by atoms with van der Waals surface area (Å²) in [6, 6.07) is 16.9. The summed E-state index contributed by atoms with van der Waals surface area (Å²) in [6.07, 6.45) is 0. The number of benzene rings is 2. The van der Waals surface area contributed by atoms with Crippen LogP contribution in [0, 0.1) is 0 Å². The molecule has 8 heteroatoms. The summed E-state index contributed by atoms with van der Waals surface area (Å²) >= 11 is 0. The Morgan fingerprint density at radius 1 is 1.03 bits per heavy atom. The normalized spacial score (nSPS) is 15.8. The lowest BCUT2D eigenvalue weighted by atomic mass is 9.80. The fourth-order valence-corrected chi connectivity index (χ4v) is 4.11. The van der Waals surface area contributed by atoms with Crippen LogP contribution in [-0.2, 0) is 25.6 Å². The quantitative estimate of drug-likeness (QED) is 0.382. The van der Waals surface area contributed by atoms with Crippen molar-refractivity contribution < 1.29 is 24.3 Å². The number of methoxy groups -OCH3 is 1. The molecule has 2 aromatic carbocycles. The number of nitrogens with zero attached hydrogens (tertiary/aromatic N) is 1. The Bertz CT molecular complexity index is 1090. The fraction of sp³-hybridized carbons (Fsp3) is 0.308. The number of hydrogen-bond donors (Lipinski definition) is 3. The maximum atomic E-state index is 13.3. The molecule has 180 valence electrons. The van der Waals surface area contributed by atoms with Gasteiger partial charge >= 0.3 is 11.9 Å². The van der Waals surface area contributed by atoms with E-state index in [1.54, 1.807) is 38.1 Å². The molecule has 0 aromatic heterocycles. The van der Waals surface area contributed by atoms with E-state index in [9.17, 15) is 14.8 Å². The molecule has 8 nitrogen and oxygen atoms in total. The molecule has 1 heterocycles. The number of allylic oxidation sites excluding steroid dienone is 2. The summed E-state index contributed by atoms with van der Waals surface area (Å²) in [6.45, 7) is 5.02. The van der Waals surface area contributed by atoms with Gasteiger partial charge in [0.05, 0.1) is 29.9 Å². The van der Waals surface area contributed by atoms with Gasteiger partial charge in [-0.25, -0.2) is 9.59 Å². The second-order valence-corrected chi connectivity index (χ2v) is 8.22. The zero-order valence-electron chi connectivity index (χ0n) is 19.9. The maximum Gasteiger partial charge on any atom is 0.336 e. The number of dihydropyridines is 1. The lowest BCUT2D eigenvalue weighted by Gasteiger charge is -2.30. The monoisotopic (exact) mass is 465 g/mol. The molecule has 3 N–H and O–H groups in total. The van der Waals surface area contributed by atoms with Crippen LogP contribution in [0.25, 0.3) is 0 Å². The SMILES string of the molecule is COC(=O)C1=C(C)NC(C)=C(C(=O)OCCN(C)Cc2ccccc2)C1c1cccc(NO)c1. The summed E-state index contributed by atoms with van der Waals surface area (Å²) in [4.78, 5) is 28.0. The minimum Gasteiger partial charge on any atom is -0.466 e. The largest absolute Gasteiger partial charge is 0.466 e. The van der Waals surface area contributed by atoms with Gasteiger partial charge in [-0.05, 0) is 44.2 Å². The van der Waals surface area contributed by atoms with E-state index in [0.717, 1.165) is 6.54 Å². The van der Waals surface area contributed by atoms with Gasteiger partial charge in [-0.15, -0.1) is 0 Å². The number of rotatable bonds is 9. The third kappa shape index (κ3) is 5.84. The first-order valence-electron chi connectivity index (χ1n) is 11.0. The Kier molecular flexibility index (Phi) is 8.45. The van der Waals surface area contributed by atoms with Crippen LogP contribution >= 0.6 is 0 Å². The fourth-order valence-electron chi connectivity index (χ4n) is 4.11. The molecule has 3 rings (SSSR count). The number of nitrogens with one attached hydrogen (secondary N) is 2. The molecule has 1 atom stereocenters. The van der Waals surface area contributed by atoms with Crippen LogP contribution < -0.4 is 10.8 Å².